The highest BCUT2D eigenvalue weighted by atomic mass is 79.9. The molecule has 0 saturated carbocycles. The zero-order chi connectivity index (χ0) is 14.4. The molecule has 0 aliphatic rings. The number of hydrogen-bond donors (Lipinski definition) is 0. The van der Waals surface area contributed by atoms with Crippen molar-refractivity contribution in [2.24, 2.45) is 7.05 Å². The van der Waals surface area contributed by atoms with Gasteiger partial charge in [0.15, 0.2) is 5.03 Å². The van der Waals surface area contributed by atoms with Gasteiger partial charge in [-0.05, 0) is 29.8 Å². The van der Waals surface area contributed by atoms with E-state index in [-0.39, 0.29) is 5.03 Å². The number of hydrogen-bond acceptors (Lipinski definition) is 4. The normalized spacial score (nSPS) is 12.1. The van der Waals surface area contributed by atoms with Gasteiger partial charge in [-0.25, -0.2) is 13.4 Å². The third-order valence-electron chi connectivity index (χ3n) is 2.79. The number of aryl methyl sites for hydroxylation is 3. The van der Waals surface area contributed by atoms with Crippen LogP contribution in [0.1, 0.15) is 17.2 Å². The fraction of sp³-hybridized carbons (Fsp3) is 0.400. The second kappa shape index (κ2) is 4.92. The Kier molecular flexibility index (Phi) is 3.76. The average Bonchev–Trinajstić information content (AvgIpc) is 2.75. The van der Waals surface area contributed by atoms with Crippen LogP contribution in [0.2, 0.25) is 0 Å². The fourth-order valence-corrected chi connectivity index (χ4v) is 2.95. The third kappa shape index (κ3) is 2.85. The van der Waals surface area contributed by atoms with E-state index in [0.29, 0.717) is 12.4 Å². The summed E-state index contributed by atoms with van der Waals surface area (Å²) in [6.07, 6.45) is 1.42. The van der Waals surface area contributed by atoms with E-state index in [1.165, 1.54) is 6.20 Å². The monoisotopic (exact) mass is 366 g/mol. The first kappa shape index (κ1) is 14.5. The highest BCUT2D eigenvalue weighted by Crippen LogP contribution is 2.22. The van der Waals surface area contributed by atoms with Crippen molar-refractivity contribution in [1.82, 2.24) is 19.3 Å². The zero-order valence-corrected chi connectivity index (χ0v) is 13.7. The molecule has 0 atom stereocenters. The van der Waals surface area contributed by atoms with Crippen LogP contribution in [0.25, 0.3) is 0 Å². The first-order valence-electron chi connectivity index (χ1n) is 5.36. The molecule has 0 amide bonds. The predicted molar refractivity (Wildman–Crippen MR) is 74.7 cm³/mol. The summed E-state index contributed by atoms with van der Waals surface area (Å²) in [5, 5.41) is 4.15. The molecule has 19 heavy (non-hydrogen) atoms. The lowest BCUT2D eigenvalue weighted by molar-refractivity contribution is 0.606. The van der Waals surface area contributed by atoms with E-state index >= 15 is 0 Å². The van der Waals surface area contributed by atoms with Crippen LogP contribution in [0, 0.1) is 13.8 Å². The Hall–Kier alpha value is -0.860. The number of imidazole rings is 1. The average molecular weight is 368 g/mol. The molecule has 2 aromatic rings. The van der Waals surface area contributed by atoms with E-state index < -0.39 is 9.05 Å². The van der Waals surface area contributed by atoms with Crippen molar-refractivity contribution in [1.29, 1.82) is 0 Å². The van der Waals surface area contributed by atoms with Crippen LogP contribution in [0.15, 0.2) is 15.7 Å². The molecule has 0 N–H and O–H groups in total. The van der Waals surface area contributed by atoms with Crippen molar-refractivity contribution < 1.29 is 8.42 Å². The largest absolute Gasteiger partial charge is 0.328 e. The summed E-state index contributed by atoms with van der Waals surface area (Å²) >= 11 is 3.47. The van der Waals surface area contributed by atoms with E-state index in [4.69, 9.17) is 10.7 Å². The summed E-state index contributed by atoms with van der Waals surface area (Å²) in [4.78, 5) is 3.94. The molecular weight excluding hydrogens is 356 g/mol. The molecule has 0 radical (unpaired) electrons. The van der Waals surface area contributed by atoms with Crippen LogP contribution in [0.3, 0.4) is 0 Å². The van der Waals surface area contributed by atoms with E-state index in [1.54, 1.807) is 16.2 Å². The first-order valence-corrected chi connectivity index (χ1v) is 8.46. The van der Waals surface area contributed by atoms with Gasteiger partial charge >= 0.3 is 0 Å². The molecule has 6 nitrogen and oxygen atoms in total. The molecule has 104 valence electrons. The predicted octanol–water partition coefficient (Wildman–Crippen LogP) is 1.97. The van der Waals surface area contributed by atoms with Gasteiger partial charge in [0, 0.05) is 23.9 Å². The molecule has 0 spiro atoms. The SMILES string of the molecule is Cc1nn(C)c(Cn2cc(S(=O)(=O)Cl)nc2C)c1Br. The number of aromatic nitrogens is 4. The maximum Gasteiger partial charge on any atom is 0.280 e. The highest BCUT2D eigenvalue weighted by Gasteiger charge is 2.18. The summed E-state index contributed by atoms with van der Waals surface area (Å²) in [6.45, 7) is 4.08. The van der Waals surface area contributed by atoms with Crippen LogP contribution in [0.5, 0.6) is 0 Å². The molecule has 0 aliphatic carbocycles. The van der Waals surface area contributed by atoms with E-state index in [9.17, 15) is 8.42 Å². The molecular formula is C10H12BrClN4O2S. The lowest BCUT2D eigenvalue weighted by Gasteiger charge is -2.05. The molecule has 9 heteroatoms. The van der Waals surface area contributed by atoms with Gasteiger partial charge in [-0.1, -0.05) is 0 Å². The van der Waals surface area contributed by atoms with E-state index in [0.717, 1.165) is 15.9 Å². The van der Waals surface area contributed by atoms with Crippen molar-refractivity contribution in [3.63, 3.8) is 0 Å². The van der Waals surface area contributed by atoms with Crippen LogP contribution >= 0.6 is 26.6 Å². The van der Waals surface area contributed by atoms with Gasteiger partial charge in [-0.3, -0.25) is 4.68 Å². The summed E-state index contributed by atoms with van der Waals surface area (Å²) in [5.41, 5.74) is 1.80. The molecule has 2 heterocycles. The zero-order valence-electron chi connectivity index (χ0n) is 10.6. The maximum atomic E-state index is 11.3. The van der Waals surface area contributed by atoms with Gasteiger partial charge < -0.3 is 4.57 Å². The Morgan fingerprint density at radius 2 is 2.05 bits per heavy atom. The van der Waals surface area contributed by atoms with Crippen LogP contribution < -0.4 is 0 Å². The Balaban J connectivity index is 2.42. The summed E-state index contributed by atoms with van der Waals surface area (Å²) < 4.78 is 26.9. The van der Waals surface area contributed by atoms with Crippen molar-refractivity contribution in [2.45, 2.75) is 25.4 Å². The molecule has 0 unspecified atom stereocenters. The minimum atomic E-state index is -3.81. The molecule has 0 aromatic carbocycles. The van der Waals surface area contributed by atoms with Crippen molar-refractivity contribution in [2.75, 3.05) is 0 Å². The van der Waals surface area contributed by atoms with Crippen molar-refractivity contribution >= 4 is 35.7 Å². The minimum absolute atomic E-state index is 0.137. The molecule has 0 fully saturated rings. The van der Waals surface area contributed by atoms with Crippen molar-refractivity contribution in [3.8, 4) is 0 Å². The standard InChI is InChI=1S/C10H12BrClN4O2S/c1-6-10(11)8(15(3)14-6)4-16-5-9(13-7(16)2)19(12,17)18/h5H,4H2,1-3H3. The van der Waals surface area contributed by atoms with Crippen LogP contribution in [-0.2, 0) is 22.6 Å². The molecule has 0 saturated heterocycles. The fourth-order valence-electron chi connectivity index (χ4n) is 1.77. The second-order valence-electron chi connectivity index (χ2n) is 4.16. The number of halogens is 2. The highest BCUT2D eigenvalue weighted by molar-refractivity contribution is 9.10. The summed E-state index contributed by atoms with van der Waals surface area (Å²) in [6, 6.07) is 0. The van der Waals surface area contributed by atoms with E-state index in [1.807, 2.05) is 14.0 Å². The Bertz CT molecular complexity index is 735. The van der Waals surface area contributed by atoms with Crippen LogP contribution in [-0.4, -0.2) is 27.7 Å². The smallest absolute Gasteiger partial charge is 0.280 e. The Morgan fingerprint density at radius 3 is 2.47 bits per heavy atom. The second-order valence-corrected chi connectivity index (χ2v) is 7.47. The lowest BCUT2D eigenvalue weighted by Crippen LogP contribution is -2.06. The maximum absolute atomic E-state index is 11.3. The van der Waals surface area contributed by atoms with Crippen LogP contribution in [0.4, 0.5) is 0 Å². The van der Waals surface area contributed by atoms with Gasteiger partial charge in [-0.15, -0.1) is 0 Å². The first-order chi connectivity index (χ1) is 8.70. The lowest BCUT2D eigenvalue weighted by atomic mass is 10.3. The summed E-state index contributed by atoms with van der Waals surface area (Å²) in [7, 11) is 3.31. The van der Waals surface area contributed by atoms with Gasteiger partial charge in [0.2, 0.25) is 0 Å². The van der Waals surface area contributed by atoms with Gasteiger partial charge in [0.25, 0.3) is 9.05 Å². The number of nitrogens with zero attached hydrogens (tertiary/aromatic N) is 4. The number of rotatable bonds is 3. The van der Waals surface area contributed by atoms with Gasteiger partial charge in [0.1, 0.15) is 5.82 Å². The van der Waals surface area contributed by atoms with Crippen molar-refractivity contribution in [3.05, 3.63) is 27.9 Å². The van der Waals surface area contributed by atoms with E-state index in [2.05, 4.69) is 26.0 Å². The third-order valence-corrected chi connectivity index (χ3v) is 4.99. The molecule has 0 bridgehead atoms. The topological polar surface area (TPSA) is 69.8 Å². The Labute approximate surface area is 123 Å². The molecule has 2 aromatic heterocycles. The minimum Gasteiger partial charge on any atom is -0.328 e. The quantitative estimate of drug-likeness (QED) is 0.778. The van der Waals surface area contributed by atoms with Gasteiger partial charge in [-0.2, -0.15) is 5.10 Å². The Morgan fingerprint density at radius 1 is 1.42 bits per heavy atom. The van der Waals surface area contributed by atoms with Gasteiger partial charge in [0.05, 0.1) is 22.4 Å². The molecule has 2 rings (SSSR count). The summed E-state index contributed by atoms with van der Waals surface area (Å²) in [5.74, 6) is 0.574. The molecule has 0 aliphatic heterocycles.